The number of aryl methyl sites for hydroxylation is 1. The number of aromatic nitrogens is 3. The Morgan fingerprint density at radius 3 is 2.30 bits per heavy atom. The normalized spacial score (nSPS) is 10.6. The second kappa shape index (κ2) is 9.31. The van der Waals surface area contributed by atoms with E-state index in [1.54, 1.807) is 36.4 Å². The fourth-order valence-corrected chi connectivity index (χ4v) is 3.17. The van der Waals surface area contributed by atoms with E-state index in [4.69, 9.17) is 4.52 Å². The van der Waals surface area contributed by atoms with Crippen molar-refractivity contribution in [3.8, 4) is 22.8 Å². The fourth-order valence-electron chi connectivity index (χ4n) is 3.17. The molecular weight excluding hydrogens is 422 g/mol. The molecule has 9 heteroatoms. The van der Waals surface area contributed by atoms with E-state index in [1.165, 1.54) is 17.7 Å². The molecule has 0 aliphatic heterocycles. The van der Waals surface area contributed by atoms with Gasteiger partial charge in [-0.1, -0.05) is 35.0 Å². The highest BCUT2D eigenvalue weighted by molar-refractivity contribution is 5.92. The highest BCUT2D eigenvalue weighted by atomic mass is 16.5. The first kappa shape index (κ1) is 21.7. The summed E-state index contributed by atoms with van der Waals surface area (Å²) >= 11 is 0. The molecule has 0 saturated carbocycles. The molecule has 4 rings (SSSR count). The van der Waals surface area contributed by atoms with Gasteiger partial charge < -0.3 is 19.7 Å². The monoisotopic (exact) mass is 443 g/mol. The number of carbonyl (C=O) groups excluding carboxylic acids is 2. The van der Waals surface area contributed by atoms with E-state index in [-0.39, 0.29) is 29.8 Å². The van der Waals surface area contributed by atoms with Gasteiger partial charge in [-0.05, 0) is 43.3 Å². The van der Waals surface area contributed by atoms with Crippen LogP contribution >= 0.6 is 0 Å². The molecule has 166 valence electrons. The quantitative estimate of drug-likeness (QED) is 0.471. The number of nitrogens with one attached hydrogen (secondary N) is 2. The van der Waals surface area contributed by atoms with Gasteiger partial charge in [0.1, 0.15) is 12.1 Å². The summed E-state index contributed by atoms with van der Waals surface area (Å²) in [5.74, 6) is -0.107. The average molecular weight is 443 g/mol. The third-order valence-corrected chi connectivity index (χ3v) is 4.79. The first-order valence-electron chi connectivity index (χ1n) is 10.2. The van der Waals surface area contributed by atoms with Gasteiger partial charge in [0.25, 0.3) is 11.4 Å². The van der Waals surface area contributed by atoms with Crippen LogP contribution in [0.5, 0.6) is 0 Å². The topological polar surface area (TPSA) is 119 Å². The minimum Gasteiger partial charge on any atom is -0.333 e. The van der Waals surface area contributed by atoms with Crippen LogP contribution in [0.2, 0.25) is 0 Å². The van der Waals surface area contributed by atoms with E-state index in [1.807, 2.05) is 31.2 Å². The molecule has 4 aromatic rings. The Morgan fingerprint density at radius 2 is 1.64 bits per heavy atom. The van der Waals surface area contributed by atoms with E-state index in [0.29, 0.717) is 17.2 Å². The standard InChI is InChI=1S/C24H21N5O4/c1-15-5-7-17(8-6-15)22-27-23(33-28-22)20-4-3-13-29(24(20)32)14-21(31)26-19-11-9-18(10-12-19)25-16(2)30/h3-13H,14H2,1-2H3,(H,25,30)(H,26,31). The largest absolute Gasteiger partial charge is 0.333 e. The molecule has 2 N–H and O–H groups in total. The molecule has 2 aromatic heterocycles. The Morgan fingerprint density at radius 1 is 0.970 bits per heavy atom. The summed E-state index contributed by atoms with van der Waals surface area (Å²) in [4.78, 5) is 40.8. The van der Waals surface area contributed by atoms with Crippen LogP contribution in [-0.4, -0.2) is 26.5 Å². The van der Waals surface area contributed by atoms with Crippen molar-refractivity contribution in [1.29, 1.82) is 0 Å². The van der Waals surface area contributed by atoms with Crippen LogP contribution in [0.15, 0.2) is 76.2 Å². The van der Waals surface area contributed by atoms with Gasteiger partial charge in [-0.25, -0.2) is 0 Å². The number of amides is 2. The number of anilines is 2. The second-order valence-electron chi connectivity index (χ2n) is 7.45. The minimum absolute atomic E-state index is 0.0823. The molecule has 33 heavy (non-hydrogen) atoms. The lowest BCUT2D eigenvalue weighted by atomic mass is 10.1. The molecule has 2 heterocycles. The maximum absolute atomic E-state index is 12.9. The number of benzene rings is 2. The van der Waals surface area contributed by atoms with Crippen molar-refractivity contribution in [3.05, 3.63) is 82.8 Å². The third kappa shape index (κ3) is 5.21. The number of carbonyl (C=O) groups is 2. The smallest absolute Gasteiger partial charge is 0.263 e. The van der Waals surface area contributed by atoms with Gasteiger partial charge in [-0.3, -0.25) is 14.4 Å². The van der Waals surface area contributed by atoms with Crippen molar-refractivity contribution in [3.63, 3.8) is 0 Å². The number of rotatable bonds is 6. The zero-order chi connectivity index (χ0) is 23.4. The fraction of sp³-hybridized carbons (Fsp3) is 0.125. The van der Waals surface area contributed by atoms with Gasteiger partial charge >= 0.3 is 0 Å². The summed E-state index contributed by atoms with van der Waals surface area (Å²) in [7, 11) is 0. The van der Waals surface area contributed by atoms with Crippen molar-refractivity contribution in [1.82, 2.24) is 14.7 Å². The van der Waals surface area contributed by atoms with Crippen molar-refractivity contribution in [2.45, 2.75) is 20.4 Å². The lowest BCUT2D eigenvalue weighted by Crippen LogP contribution is -2.28. The van der Waals surface area contributed by atoms with Crippen molar-refractivity contribution in [2.24, 2.45) is 0 Å². The molecule has 0 radical (unpaired) electrons. The Balaban J connectivity index is 1.48. The first-order valence-corrected chi connectivity index (χ1v) is 10.2. The number of hydrogen-bond donors (Lipinski definition) is 2. The molecule has 0 aliphatic rings. The van der Waals surface area contributed by atoms with Gasteiger partial charge in [0.05, 0.1) is 0 Å². The van der Waals surface area contributed by atoms with E-state index in [0.717, 1.165) is 11.1 Å². The third-order valence-electron chi connectivity index (χ3n) is 4.79. The SMILES string of the molecule is CC(=O)Nc1ccc(NC(=O)Cn2cccc(-c3nc(-c4ccc(C)cc4)no3)c2=O)cc1. The van der Waals surface area contributed by atoms with Gasteiger partial charge in [0.2, 0.25) is 17.6 Å². The molecule has 2 amide bonds. The molecule has 0 bridgehead atoms. The van der Waals surface area contributed by atoms with Crippen molar-refractivity contribution >= 4 is 23.2 Å². The maximum Gasteiger partial charge on any atom is 0.263 e. The lowest BCUT2D eigenvalue weighted by Gasteiger charge is -2.09. The Labute approximate surface area is 189 Å². The molecule has 0 aliphatic carbocycles. The zero-order valence-electron chi connectivity index (χ0n) is 18.0. The Hall–Kier alpha value is -4.53. The molecular formula is C24H21N5O4. The number of hydrogen-bond acceptors (Lipinski definition) is 6. The highest BCUT2D eigenvalue weighted by Gasteiger charge is 2.16. The van der Waals surface area contributed by atoms with E-state index in [9.17, 15) is 14.4 Å². The molecule has 2 aromatic carbocycles. The highest BCUT2D eigenvalue weighted by Crippen LogP contribution is 2.20. The molecule has 0 spiro atoms. The second-order valence-corrected chi connectivity index (χ2v) is 7.45. The zero-order valence-corrected chi connectivity index (χ0v) is 18.0. The van der Waals surface area contributed by atoms with Crippen molar-refractivity contribution < 1.29 is 14.1 Å². The van der Waals surface area contributed by atoms with E-state index < -0.39 is 5.56 Å². The average Bonchev–Trinajstić information content (AvgIpc) is 3.27. The summed E-state index contributed by atoms with van der Waals surface area (Å²) < 4.78 is 6.58. The van der Waals surface area contributed by atoms with Crippen LogP contribution in [0.1, 0.15) is 12.5 Å². The summed E-state index contributed by atoms with van der Waals surface area (Å²) in [6.45, 7) is 3.20. The predicted octanol–water partition coefficient (Wildman–Crippen LogP) is 3.47. The lowest BCUT2D eigenvalue weighted by molar-refractivity contribution is -0.117. The summed E-state index contributed by atoms with van der Waals surface area (Å²) in [5.41, 5.74) is 2.82. The summed E-state index contributed by atoms with van der Waals surface area (Å²) in [6.07, 6.45) is 1.52. The summed E-state index contributed by atoms with van der Waals surface area (Å²) in [5, 5.41) is 9.34. The minimum atomic E-state index is -0.423. The molecule has 0 atom stereocenters. The van der Waals surface area contributed by atoms with Gasteiger partial charge in [0.15, 0.2) is 0 Å². The van der Waals surface area contributed by atoms with Gasteiger partial charge in [0, 0.05) is 30.1 Å². The van der Waals surface area contributed by atoms with E-state index in [2.05, 4.69) is 20.8 Å². The van der Waals surface area contributed by atoms with Crippen LogP contribution in [0.4, 0.5) is 11.4 Å². The van der Waals surface area contributed by atoms with Gasteiger partial charge in [-0.2, -0.15) is 4.98 Å². The summed E-state index contributed by atoms with van der Waals surface area (Å²) in [6, 6.07) is 17.5. The maximum atomic E-state index is 12.9. The van der Waals surface area contributed by atoms with Crippen LogP contribution < -0.4 is 16.2 Å². The first-order chi connectivity index (χ1) is 15.9. The molecule has 9 nitrogen and oxygen atoms in total. The van der Waals surface area contributed by atoms with Crippen LogP contribution in [0.25, 0.3) is 22.8 Å². The number of nitrogens with zero attached hydrogens (tertiary/aromatic N) is 3. The molecule has 0 unspecified atom stereocenters. The van der Waals surface area contributed by atoms with Crippen molar-refractivity contribution in [2.75, 3.05) is 10.6 Å². The van der Waals surface area contributed by atoms with Crippen LogP contribution in [0.3, 0.4) is 0 Å². The Kier molecular flexibility index (Phi) is 6.12. The molecule has 0 fully saturated rings. The number of pyridine rings is 1. The van der Waals surface area contributed by atoms with Crippen LogP contribution in [0, 0.1) is 6.92 Å². The molecule has 0 saturated heterocycles. The van der Waals surface area contributed by atoms with Crippen LogP contribution in [-0.2, 0) is 16.1 Å². The van der Waals surface area contributed by atoms with E-state index >= 15 is 0 Å². The van der Waals surface area contributed by atoms with Gasteiger partial charge in [-0.15, -0.1) is 0 Å². The predicted molar refractivity (Wildman–Crippen MR) is 124 cm³/mol. The Bertz CT molecular complexity index is 1350.